The van der Waals surface area contributed by atoms with Crippen molar-refractivity contribution in [2.75, 3.05) is 11.5 Å². The van der Waals surface area contributed by atoms with Gasteiger partial charge in [-0.15, -0.1) is 0 Å². The molecular formula is C10H13N3O2. The van der Waals surface area contributed by atoms with E-state index in [2.05, 4.69) is 6.58 Å². The van der Waals surface area contributed by atoms with Gasteiger partial charge in [0.2, 0.25) is 0 Å². The normalized spacial score (nSPS) is 9.93. The summed E-state index contributed by atoms with van der Waals surface area (Å²) in [5, 5.41) is 10.8. The van der Waals surface area contributed by atoms with Gasteiger partial charge in [-0.25, -0.2) is 0 Å². The zero-order chi connectivity index (χ0) is 11.6. The fraction of sp³-hybridized carbons (Fsp3) is 0.200. The van der Waals surface area contributed by atoms with E-state index in [-0.39, 0.29) is 17.1 Å². The summed E-state index contributed by atoms with van der Waals surface area (Å²) in [5.74, 6) is 0. The van der Waals surface area contributed by atoms with E-state index in [0.29, 0.717) is 12.0 Å². The lowest BCUT2D eigenvalue weighted by Crippen LogP contribution is -2.04. The summed E-state index contributed by atoms with van der Waals surface area (Å²) in [6.07, 6.45) is 0.431. The number of allylic oxidation sites excluding steroid dienone is 1. The molecule has 0 aromatic heterocycles. The predicted molar refractivity (Wildman–Crippen MR) is 60.4 cm³/mol. The van der Waals surface area contributed by atoms with Gasteiger partial charge in [-0.1, -0.05) is 12.2 Å². The maximum absolute atomic E-state index is 10.8. The van der Waals surface area contributed by atoms with Crippen LogP contribution in [0.3, 0.4) is 0 Å². The molecule has 0 unspecified atom stereocenters. The van der Waals surface area contributed by atoms with Gasteiger partial charge < -0.3 is 11.5 Å². The van der Waals surface area contributed by atoms with Crippen LogP contribution in [0.15, 0.2) is 24.3 Å². The highest BCUT2D eigenvalue weighted by Crippen LogP contribution is 2.32. The van der Waals surface area contributed by atoms with E-state index in [1.54, 1.807) is 19.1 Å². The van der Waals surface area contributed by atoms with Crippen LogP contribution in [0, 0.1) is 10.1 Å². The maximum atomic E-state index is 10.8. The average Bonchev–Trinajstić information content (AvgIpc) is 2.10. The molecule has 5 nitrogen and oxygen atoms in total. The Balaban J connectivity index is 3.33. The molecule has 1 aromatic rings. The standard InChI is InChI=1S/C10H13N3O2/c1-6(2)5-7-3-4-8(11)9(12)10(7)13(14)15/h3-4H,1,5,11-12H2,2H3. The van der Waals surface area contributed by atoms with Gasteiger partial charge in [-0.2, -0.15) is 0 Å². The fourth-order valence-electron chi connectivity index (χ4n) is 1.35. The molecule has 0 saturated carbocycles. The van der Waals surface area contributed by atoms with E-state index in [0.717, 1.165) is 5.57 Å². The maximum Gasteiger partial charge on any atom is 0.297 e. The van der Waals surface area contributed by atoms with Crippen LogP contribution in [0.5, 0.6) is 0 Å². The third-order valence-electron chi connectivity index (χ3n) is 2.01. The molecule has 80 valence electrons. The zero-order valence-corrected chi connectivity index (χ0v) is 8.49. The van der Waals surface area contributed by atoms with Crippen molar-refractivity contribution in [2.24, 2.45) is 0 Å². The first-order chi connectivity index (χ1) is 6.93. The van der Waals surface area contributed by atoms with Crippen LogP contribution >= 0.6 is 0 Å². The van der Waals surface area contributed by atoms with E-state index in [9.17, 15) is 10.1 Å². The minimum Gasteiger partial charge on any atom is -0.397 e. The van der Waals surface area contributed by atoms with E-state index >= 15 is 0 Å². The fourth-order valence-corrected chi connectivity index (χ4v) is 1.35. The van der Waals surface area contributed by atoms with Crippen LogP contribution in [-0.2, 0) is 6.42 Å². The SMILES string of the molecule is C=C(C)Cc1ccc(N)c(N)c1[N+](=O)[O-]. The Hall–Kier alpha value is -2.04. The van der Waals surface area contributed by atoms with Crippen LogP contribution in [0.2, 0.25) is 0 Å². The number of hydrogen-bond donors (Lipinski definition) is 2. The number of nitrogens with two attached hydrogens (primary N) is 2. The van der Waals surface area contributed by atoms with Crippen molar-refractivity contribution in [1.29, 1.82) is 0 Å². The molecule has 0 aliphatic heterocycles. The topological polar surface area (TPSA) is 95.2 Å². The van der Waals surface area contributed by atoms with Crippen LogP contribution in [-0.4, -0.2) is 4.92 Å². The van der Waals surface area contributed by atoms with Crippen molar-refractivity contribution in [1.82, 2.24) is 0 Å². The second-order valence-electron chi connectivity index (χ2n) is 3.47. The molecular weight excluding hydrogens is 194 g/mol. The van der Waals surface area contributed by atoms with Crippen LogP contribution in [0.4, 0.5) is 17.1 Å². The molecule has 1 rings (SSSR count). The highest BCUT2D eigenvalue weighted by molar-refractivity contribution is 5.76. The summed E-state index contributed by atoms with van der Waals surface area (Å²) in [4.78, 5) is 10.3. The Bertz CT molecular complexity index is 427. The minimum absolute atomic E-state index is 0.0266. The Kier molecular flexibility index (Phi) is 2.94. The summed E-state index contributed by atoms with van der Waals surface area (Å²) < 4.78 is 0. The molecule has 0 bridgehead atoms. The van der Waals surface area contributed by atoms with Crippen molar-refractivity contribution in [3.63, 3.8) is 0 Å². The van der Waals surface area contributed by atoms with E-state index in [1.807, 2.05) is 0 Å². The van der Waals surface area contributed by atoms with Crippen molar-refractivity contribution in [3.05, 3.63) is 40.0 Å². The third kappa shape index (κ3) is 2.25. The molecule has 5 heteroatoms. The molecule has 15 heavy (non-hydrogen) atoms. The summed E-state index contributed by atoms with van der Waals surface area (Å²) in [5.41, 5.74) is 12.6. The lowest BCUT2D eigenvalue weighted by atomic mass is 10.0. The molecule has 0 spiro atoms. The molecule has 0 heterocycles. The molecule has 0 radical (unpaired) electrons. The molecule has 4 N–H and O–H groups in total. The van der Waals surface area contributed by atoms with Crippen molar-refractivity contribution in [3.8, 4) is 0 Å². The van der Waals surface area contributed by atoms with Gasteiger partial charge in [0.15, 0.2) is 0 Å². The van der Waals surface area contributed by atoms with Gasteiger partial charge >= 0.3 is 0 Å². The van der Waals surface area contributed by atoms with Gasteiger partial charge in [0, 0.05) is 5.56 Å². The predicted octanol–water partition coefficient (Wildman–Crippen LogP) is 1.88. The molecule has 0 saturated heterocycles. The Morgan fingerprint density at radius 3 is 2.60 bits per heavy atom. The van der Waals surface area contributed by atoms with Gasteiger partial charge in [0.25, 0.3) is 5.69 Å². The first-order valence-corrected chi connectivity index (χ1v) is 4.39. The Morgan fingerprint density at radius 2 is 2.13 bits per heavy atom. The number of nitrogen functional groups attached to an aromatic ring is 2. The molecule has 0 amide bonds. The minimum atomic E-state index is -0.510. The molecule has 0 aliphatic rings. The van der Waals surface area contributed by atoms with Gasteiger partial charge in [0.1, 0.15) is 5.69 Å². The smallest absolute Gasteiger partial charge is 0.297 e. The van der Waals surface area contributed by atoms with Crippen molar-refractivity contribution >= 4 is 17.1 Å². The largest absolute Gasteiger partial charge is 0.397 e. The third-order valence-corrected chi connectivity index (χ3v) is 2.01. The summed E-state index contributed by atoms with van der Waals surface area (Å²) in [6.45, 7) is 5.51. The van der Waals surface area contributed by atoms with Crippen LogP contribution < -0.4 is 11.5 Å². The number of anilines is 2. The van der Waals surface area contributed by atoms with Gasteiger partial charge in [0.05, 0.1) is 10.6 Å². The van der Waals surface area contributed by atoms with E-state index < -0.39 is 4.92 Å². The Morgan fingerprint density at radius 1 is 1.53 bits per heavy atom. The number of hydrogen-bond acceptors (Lipinski definition) is 4. The van der Waals surface area contributed by atoms with E-state index in [4.69, 9.17) is 11.5 Å². The molecule has 0 atom stereocenters. The zero-order valence-electron chi connectivity index (χ0n) is 8.49. The average molecular weight is 207 g/mol. The molecule has 0 aliphatic carbocycles. The van der Waals surface area contributed by atoms with E-state index in [1.165, 1.54) is 0 Å². The molecule has 1 aromatic carbocycles. The lowest BCUT2D eigenvalue weighted by Gasteiger charge is -2.06. The highest BCUT2D eigenvalue weighted by Gasteiger charge is 2.19. The Labute approximate surface area is 87.5 Å². The monoisotopic (exact) mass is 207 g/mol. The van der Waals surface area contributed by atoms with Crippen molar-refractivity contribution in [2.45, 2.75) is 13.3 Å². The van der Waals surface area contributed by atoms with Gasteiger partial charge in [-0.3, -0.25) is 10.1 Å². The second kappa shape index (κ2) is 4.00. The number of nitro groups is 1. The number of benzene rings is 1. The highest BCUT2D eigenvalue weighted by atomic mass is 16.6. The number of rotatable bonds is 3. The number of nitrogens with zero attached hydrogens (tertiary/aromatic N) is 1. The summed E-state index contributed by atoms with van der Waals surface area (Å²) in [7, 11) is 0. The van der Waals surface area contributed by atoms with Gasteiger partial charge in [-0.05, 0) is 25.5 Å². The number of nitro benzene ring substituents is 1. The van der Waals surface area contributed by atoms with Crippen LogP contribution in [0.1, 0.15) is 12.5 Å². The van der Waals surface area contributed by atoms with Crippen molar-refractivity contribution < 1.29 is 4.92 Å². The summed E-state index contributed by atoms with van der Waals surface area (Å²) >= 11 is 0. The first-order valence-electron chi connectivity index (χ1n) is 4.39. The summed E-state index contributed by atoms with van der Waals surface area (Å²) in [6, 6.07) is 3.18. The van der Waals surface area contributed by atoms with Crippen LogP contribution in [0.25, 0.3) is 0 Å². The molecule has 0 fully saturated rings. The lowest BCUT2D eigenvalue weighted by molar-refractivity contribution is -0.384. The quantitative estimate of drug-likeness (QED) is 0.342. The second-order valence-corrected chi connectivity index (χ2v) is 3.47. The first kappa shape index (κ1) is 11.0.